The van der Waals surface area contributed by atoms with Gasteiger partial charge in [-0.15, -0.1) is 11.3 Å². The minimum absolute atomic E-state index is 0.0322. The van der Waals surface area contributed by atoms with Crippen molar-refractivity contribution >= 4 is 33.9 Å². The molecule has 1 heterocycles. The van der Waals surface area contributed by atoms with Crippen LogP contribution in [0.1, 0.15) is 41.6 Å². The van der Waals surface area contributed by atoms with Gasteiger partial charge in [-0.25, -0.2) is 4.79 Å². The molecule has 0 radical (unpaired) electrons. The third-order valence-electron chi connectivity index (χ3n) is 3.64. The fraction of sp³-hybridized carbons (Fsp3) is 0.333. The maximum Gasteiger partial charge on any atom is 0.340 e. The number of ether oxygens (including phenoxy) is 1. The van der Waals surface area contributed by atoms with Gasteiger partial charge in [0, 0.05) is 17.0 Å². The third-order valence-corrected chi connectivity index (χ3v) is 5.12. The van der Waals surface area contributed by atoms with Crippen LogP contribution in [0.25, 0.3) is 0 Å². The van der Waals surface area contributed by atoms with E-state index in [1.54, 1.807) is 6.07 Å². The molecule has 138 valence electrons. The zero-order valence-electron chi connectivity index (χ0n) is 15.0. The van der Waals surface area contributed by atoms with Crippen molar-refractivity contribution in [2.45, 2.75) is 32.6 Å². The Kier molecular flexibility index (Phi) is 5.76. The van der Waals surface area contributed by atoms with Crippen LogP contribution in [0, 0.1) is 10.1 Å². The Hall–Kier alpha value is -2.74. The minimum Gasteiger partial charge on any atom is -0.465 e. The summed E-state index contributed by atoms with van der Waals surface area (Å²) in [5.41, 5.74) is 0.754. The van der Waals surface area contributed by atoms with Crippen LogP contribution in [-0.2, 0) is 21.4 Å². The van der Waals surface area contributed by atoms with Crippen LogP contribution in [-0.4, -0.2) is 23.9 Å². The van der Waals surface area contributed by atoms with Crippen molar-refractivity contribution in [2.24, 2.45) is 0 Å². The molecule has 0 unspecified atom stereocenters. The lowest BCUT2D eigenvalue weighted by Crippen LogP contribution is -2.15. The number of benzene rings is 1. The second kappa shape index (κ2) is 7.65. The average molecular weight is 376 g/mol. The highest BCUT2D eigenvalue weighted by molar-refractivity contribution is 7.16. The summed E-state index contributed by atoms with van der Waals surface area (Å²) in [4.78, 5) is 35.4. The largest absolute Gasteiger partial charge is 0.465 e. The van der Waals surface area contributed by atoms with Crippen LogP contribution in [0.3, 0.4) is 0 Å². The smallest absolute Gasteiger partial charge is 0.340 e. The second-order valence-corrected chi connectivity index (χ2v) is 7.80. The number of esters is 1. The van der Waals surface area contributed by atoms with E-state index in [0.717, 1.165) is 4.88 Å². The lowest BCUT2D eigenvalue weighted by atomic mass is 9.94. The topological polar surface area (TPSA) is 98.5 Å². The Morgan fingerprint density at radius 3 is 2.35 bits per heavy atom. The molecule has 0 atom stereocenters. The molecule has 26 heavy (non-hydrogen) atoms. The molecule has 1 amide bonds. The molecule has 0 saturated carbocycles. The van der Waals surface area contributed by atoms with Crippen LogP contribution in [0.4, 0.5) is 10.7 Å². The van der Waals surface area contributed by atoms with E-state index in [9.17, 15) is 19.7 Å². The third kappa shape index (κ3) is 4.66. The van der Waals surface area contributed by atoms with Gasteiger partial charge in [-0.05, 0) is 17.0 Å². The highest BCUT2D eigenvalue weighted by Gasteiger charge is 2.24. The molecule has 1 N–H and O–H groups in total. The van der Waals surface area contributed by atoms with E-state index >= 15 is 0 Å². The number of hydrogen-bond acceptors (Lipinski definition) is 6. The van der Waals surface area contributed by atoms with Crippen molar-refractivity contribution in [3.8, 4) is 0 Å². The monoisotopic (exact) mass is 376 g/mol. The average Bonchev–Trinajstić information content (AvgIpc) is 2.98. The number of nitrogens with one attached hydrogen (secondary N) is 1. The first-order chi connectivity index (χ1) is 12.1. The van der Waals surface area contributed by atoms with Crippen LogP contribution < -0.4 is 5.32 Å². The van der Waals surface area contributed by atoms with Gasteiger partial charge in [-0.2, -0.15) is 0 Å². The van der Waals surface area contributed by atoms with Gasteiger partial charge >= 0.3 is 5.97 Å². The summed E-state index contributed by atoms with van der Waals surface area (Å²) in [6.07, 6.45) is 0.0430. The molecule has 1 aromatic carbocycles. The van der Waals surface area contributed by atoms with Gasteiger partial charge in [0.25, 0.3) is 5.69 Å². The standard InChI is InChI=1S/C18H20N2O5S/c1-18(2,3)14-10-13(17(22)25-4)16(26-14)19-15(21)9-11-5-7-12(8-6-11)20(23)24/h5-8,10H,9H2,1-4H3,(H,19,21). The maximum absolute atomic E-state index is 12.3. The number of thiophene rings is 1. The minimum atomic E-state index is -0.512. The van der Waals surface area contributed by atoms with Gasteiger partial charge in [-0.3, -0.25) is 14.9 Å². The van der Waals surface area contributed by atoms with Gasteiger partial charge in [0.2, 0.25) is 5.91 Å². The van der Waals surface area contributed by atoms with Crippen molar-refractivity contribution in [1.82, 2.24) is 0 Å². The van der Waals surface area contributed by atoms with Gasteiger partial charge in [-0.1, -0.05) is 32.9 Å². The zero-order valence-corrected chi connectivity index (χ0v) is 15.8. The van der Waals surface area contributed by atoms with Gasteiger partial charge in [0.05, 0.1) is 24.0 Å². The molecule has 2 aromatic rings. The van der Waals surface area contributed by atoms with Crippen LogP contribution in [0.5, 0.6) is 0 Å². The van der Waals surface area contributed by atoms with Crippen molar-refractivity contribution in [3.05, 3.63) is 56.5 Å². The van der Waals surface area contributed by atoms with E-state index < -0.39 is 10.9 Å². The highest BCUT2D eigenvalue weighted by Crippen LogP contribution is 2.36. The van der Waals surface area contributed by atoms with Gasteiger partial charge < -0.3 is 10.1 Å². The van der Waals surface area contributed by atoms with Crippen molar-refractivity contribution in [2.75, 3.05) is 12.4 Å². The summed E-state index contributed by atoms with van der Waals surface area (Å²) >= 11 is 1.33. The summed E-state index contributed by atoms with van der Waals surface area (Å²) in [5.74, 6) is -0.825. The molecule has 8 heteroatoms. The second-order valence-electron chi connectivity index (χ2n) is 6.74. The van der Waals surface area contributed by atoms with Crippen LogP contribution in [0.2, 0.25) is 0 Å². The van der Waals surface area contributed by atoms with Crippen LogP contribution in [0.15, 0.2) is 30.3 Å². The molecule has 0 bridgehead atoms. The Morgan fingerprint density at radius 2 is 1.85 bits per heavy atom. The number of hydrogen-bond donors (Lipinski definition) is 1. The van der Waals surface area contributed by atoms with E-state index in [1.165, 1.54) is 42.7 Å². The van der Waals surface area contributed by atoms with Gasteiger partial charge in [0.1, 0.15) is 5.00 Å². The predicted octanol–water partition coefficient (Wildman–Crippen LogP) is 3.92. The van der Waals surface area contributed by atoms with Crippen molar-refractivity contribution in [3.63, 3.8) is 0 Å². The van der Waals surface area contributed by atoms with E-state index in [2.05, 4.69) is 5.32 Å². The number of nitro groups is 1. The van der Waals surface area contributed by atoms with E-state index in [-0.39, 0.29) is 23.4 Å². The summed E-state index contributed by atoms with van der Waals surface area (Å²) in [5, 5.41) is 13.9. The molecular formula is C18H20N2O5S. The molecule has 0 aliphatic carbocycles. The lowest BCUT2D eigenvalue weighted by molar-refractivity contribution is -0.384. The Balaban J connectivity index is 2.18. The first-order valence-electron chi connectivity index (χ1n) is 7.87. The summed E-state index contributed by atoms with van der Waals surface area (Å²) < 4.78 is 4.79. The normalized spacial score (nSPS) is 11.1. The fourth-order valence-electron chi connectivity index (χ4n) is 2.21. The zero-order chi connectivity index (χ0) is 19.5. The molecule has 0 fully saturated rings. The summed E-state index contributed by atoms with van der Waals surface area (Å²) in [7, 11) is 1.29. The molecule has 7 nitrogen and oxygen atoms in total. The number of anilines is 1. The lowest BCUT2D eigenvalue weighted by Gasteiger charge is -2.15. The first kappa shape index (κ1) is 19.6. The quantitative estimate of drug-likeness (QED) is 0.484. The molecule has 2 rings (SSSR count). The molecular weight excluding hydrogens is 356 g/mol. The number of nitro benzene ring substituents is 1. The SMILES string of the molecule is COC(=O)c1cc(C(C)(C)C)sc1NC(=O)Cc1ccc([N+](=O)[O-])cc1. The molecule has 1 aromatic heterocycles. The molecule has 0 aliphatic heterocycles. The van der Waals surface area contributed by atoms with Crippen molar-refractivity contribution < 1.29 is 19.2 Å². The number of carbonyl (C=O) groups is 2. The number of non-ortho nitro benzene ring substituents is 1. The van der Waals surface area contributed by atoms with E-state index in [0.29, 0.717) is 16.1 Å². The van der Waals surface area contributed by atoms with Gasteiger partial charge in [0.15, 0.2) is 0 Å². The number of nitrogens with zero attached hydrogens (tertiary/aromatic N) is 1. The Morgan fingerprint density at radius 1 is 1.23 bits per heavy atom. The summed E-state index contributed by atoms with van der Waals surface area (Å²) in [6.45, 7) is 6.05. The number of carbonyl (C=O) groups excluding carboxylic acids is 2. The predicted molar refractivity (Wildman–Crippen MR) is 99.8 cm³/mol. The Labute approximate surface area is 155 Å². The summed E-state index contributed by atoms with van der Waals surface area (Å²) in [6, 6.07) is 7.51. The maximum atomic E-state index is 12.3. The Bertz CT molecular complexity index is 834. The number of rotatable bonds is 5. The molecule has 0 aliphatic rings. The highest BCUT2D eigenvalue weighted by atomic mass is 32.1. The van der Waals surface area contributed by atoms with E-state index in [1.807, 2.05) is 20.8 Å². The number of amides is 1. The first-order valence-corrected chi connectivity index (χ1v) is 8.69. The number of methoxy groups -OCH3 is 1. The molecule has 0 spiro atoms. The van der Waals surface area contributed by atoms with E-state index in [4.69, 9.17) is 4.74 Å². The van der Waals surface area contributed by atoms with Crippen LogP contribution >= 0.6 is 11.3 Å². The molecule has 0 saturated heterocycles. The van der Waals surface area contributed by atoms with Crippen molar-refractivity contribution in [1.29, 1.82) is 0 Å². The fourth-order valence-corrected chi connectivity index (χ4v) is 3.33.